The van der Waals surface area contributed by atoms with Gasteiger partial charge in [-0.3, -0.25) is 15.6 Å². The summed E-state index contributed by atoms with van der Waals surface area (Å²) in [5.74, 6) is 0. The lowest BCUT2D eigenvalue weighted by Gasteiger charge is -2.23. The standard InChI is InChI=1S/C18H17N5O/c1-11-2-4-14-13(6-11)18(9-19-14)10-20-17(21-18)8-12-3-5-15-16(7-12)23-24-22-15/h2-7,9,17,20-21H,8,10H2,1H3/t17-,18?/m1/s1. The van der Waals surface area contributed by atoms with Crippen molar-refractivity contribution in [2.24, 2.45) is 4.99 Å². The molecule has 2 aliphatic heterocycles. The van der Waals surface area contributed by atoms with E-state index in [1.165, 1.54) is 16.7 Å². The van der Waals surface area contributed by atoms with Crippen molar-refractivity contribution in [2.45, 2.75) is 25.0 Å². The highest BCUT2D eigenvalue weighted by Gasteiger charge is 2.42. The van der Waals surface area contributed by atoms with Gasteiger partial charge in [-0.25, -0.2) is 4.63 Å². The minimum atomic E-state index is -0.203. The Labute approximate surface area is 138 Å². The van der Waals surface area contributed by atoms with E-state index in [4.69, 9.17) is 4.63 Å². The van der Waals surface area contributed by atoms with Crippen LogP contribution in [0.5, 0.6) is 0 Å². The molecule has 1 unspecified atom stereocenters. The molecule has 1 fully saturated rings. The number of benzene rings is 2. The molecule has 0 aliphatic carbocycles. The average Bonchev–Trinajstić information content (AvgIpc) is 3.28. The van der Waals surface area contributed by atoms with Crippen molar-refractivity contribution in [1.82, 2.24) is 20.9 Å². The van der Waals surface area contributed by atoms with E-state index in [0.29, 0.717) is 0 Å². The molecule has 3 aromatic rings. The molecule has 5 rings (SSSR count). The van der Waals surface area contributed by atoms with Crippen molar-refractivity contribution in [3.63, 3.8) is 0 Å². The number of fused-ring (bicyclic) bond motifs is 3. The molecule has 2 atom stereocenters. The van der Waals surface area contributed by atoms with Gasteiger partial charge in [0.25, 0.3) is 0 Å². The second-order valence-electron chi connectivity index (χ2n) is 6.62. The van der Waals surface area contributed by atoms with Gasteiger partial charge in [-0.05, 0) is 41.0 Å². The van der Waals surface area contributed by atoms with Gasteiger partial charge in [-0.1, -0.05) is 23.8 Å². The van der Waals surface area contributed by atoms with E-state index in [-0.39, 0.29) is 11.7 Å². The number of hydrogen-bond acceptors (Lipinski definition) is 6. The van der Waals surface area contributed by atoms with E-state index < -0.39 is 0 Å². The molecule has 0 radical (unpaired) electrons. The molecule has 2 aliphatic rings. The van der Waals surface area contributed by atoms with Gasteiger partial charge in [0.15, 0.2) is 0 Å². The first-order valence-corrected chi connectivity index (χ1v) is 8.11. The highest BCUT2D eigenvalue weighted by atomic mass is 16.6. The van der Waals surface area contributed by atoms with Crippen LogP contribution in [0.2, 0.25) is 0 Å². The summed E-state index contributed by atoms with van der Waals surface area (Å²) < 4.78 is 4.77. The predicted octanol–water partition coefficient (Wildman–Crippen LogP) is 2.20. The molecule has 24 heavy (non-hydrogen) atoms. The summed E-state index contributed by atoms with van der Waals surface area (Å²) in [5.41, 5.74) is 6.15. The van der Waals surface area contributed by atoms with E-state index in [2.05, 4.69) is 57.1 Å². The van der Waals surface area contributed by atoms with Crippen molar-refractivity contribution < 1.29 is 4.63 Å². The van der Waals surface area contributed by atoms with Gasteiger partial charge in [0.2, 0.25) is 0 Å². The summed E-state index contributed by atoms with van der Waals surface area (Å²) in [5, 5.41) is 15.1. The largest absolute Gasteiger partial charge is 0.299 e. The summed E-state index contributed by atoms with van der Waals surface area (Å²) in [4.78, 5) is 4.59. The highest BCUT2D eigenvalue weighted by Crippen LogP contribution is 2.37. The van der Waals surface area contributed by atoms with Gasteiger partial charge in [0.1, 0.15) is 11.0 Å². The van der Waals surface area contributed by atoms with Crippen LogP contribution < -0.4 is 10.6 Å². The molecule has 0 amide bonds. The van der Waals surface area contributed by atoms with Crippen LogP contribution in [0.1, 0.15) is 16.7 Å². The number of rotatable bonds is 2. The number of hydrogen-bond donors (Lipinski definition) is 2. The first-order chi connectivity index (χ1) is 11.7. The fourth-order valence-corrected chi connectivity index (χ4v) is 3.64. The topological polar surface area (TPSA) is 75.3 Å². The van der Waals surface area contributed by atoms with Gasteiger partial charge in [0, 0.05) is 24.7 Å². The Kier molecular flexibility index (Phi) is 2.86. The van der Waals surface area contributed by atoms with Crippen molar-refractivity contribution in [3.05, 3.63) is 53.1 Å². The Hall–Kier alpha value is -2.57. The number of aliphatic imine (C=N–C) groups is 1. The van der Waals surface area contributed by atoms with Crippen molar-refractivity contribution in [3.8, 4) is 0 Å². The van der Waals surface area contributed by atoms with E-state index in [0.717, 1.165) is 29.7 Å². The molecule has 1 saturated heterocycles. The molecule has 2 N–H and O–H groups in total. The molecule has 0 saturated carbocycles. The van der Waals surface area contributed by atoms with Crippen LogP contribution in [0.25, 0.3) is 11.0 Å². The van der Waals surface area contributed by atoms with Crippen LogP contribution in [-0.2, 0) is 12.0 Å². The minimum absolute atomic E-state index is 0.181. The maximum Gasteiger partial charge on any atom is 0.135 e. The number of nitrogens with zero attached hydrogens (tertiary/aromatic N) is 3. The average molecular weight is 319 g/mol. The maximum absolute atomic E-state index is 4.77. The minimum Gasteiger partial charge on any atom is -0.299 e. The van der Waals surface area contributed by atoms with E-state index in [1.807, 2.05) is 18.3 Å². The molecule has 0 bridgehead atoms. The van der Waals surface area contributed by atoms with E-state index >= 15 is 0 Å². The third-order valence-electron chi connectivity index (χ3n) is 4.87. The monoisotopic (exact) mass is 319 g/mol. The summed E-state index contributed by atoms with van der Waals surface area (Å²) in [7, 11) is 0. The van der Waals surface area contributed by atoms with Gasteiger partial charge in [-0.15, -0.1) is 0 Å². The molecule has 6 nitrogen and oxygen atoms in total. The lowest BCUT2D eigenvalue weighted by Crippen LogP contribution is -2.43. The van der Waals surface area contributed by atoms with E-state index in [1.54, 1.807) is 0 Å². The summed E-state index contributed by atoms with van der Waals surface area (Å²) in [6.07, 6.45) is 3.08. The third kappa shape index (κ3) is 2.07. The Morgan fingerprint density at radius 1 is 1.17 bits per heavy atom. The number of aromatic nitrogens is 2. The number of aryl methyl sites for hydroxylation is 1. The second kappa shape index (κ2) is 4.96. The Morgan fingerprint density at radius 2 is 2.08 bits per heavy atom. The fraction of sp³-hybridized carbons (Fsp3) is 0.278. The summed E-state index contributed by atoms with van der Waals surface area (Å²) in [6, 6.07) is 12.5. The van der Waals surface area contributed by atoms with Crippen LogP contribution >= 0.6 is 0 Å². The van der Waals surface area contributed by atoms with Gasteiger partial charge in [0.05, 0.1) is 17.4 Å². The van der Waals surface area contributed by atoms with E-state index in [9.17, 15) is 0 Å². The third-order valence-corrected chi connectivity index (χ3v) is 4.87. The van der Waals surface area contributed by atoms with Crippen molar-refractivity contribution in [1.29, 1.82) is 0 Å². The second-order valence-corrected chi connectivity index (χ2v) is 6.62. The molecule has 6 heteroatoms. The van der Waals surface area contributed by atoms with Crippen LogP contribution in [0.15, 0.2) is 46.0 Å². The molecule has 120 valence electrons. The van der Waals surface area contributed by atoms with Gasteiger partial charge in [-0.2, -0.15) is 0 Å². The molecule has 1 aromatic heterocycles. The summed E-state index contributed by atoms with van der Waals surface area (Å²) >= 11 is 0. The quantitative estimate of drug-likeness (QED) is 0.757. The van der Waals surface area contributed by atoms with Crippen molar-refractivity contribution >= 4 is 22.9 Å². The summed E-state index contributed by atoms with van der Waals surface area (Å²) in [6.45, 7) is 2.96. The molecule has 3 heterocycles. The van der Waals surface area contributed by atoms with Crippen LogP contribution in [0.3, 0.4) is 0 Å². The van der Waals surface area contributed by atoms with Gasteiger partial charge >= 0.3 is 0 Å². The van der Waals surface area contributed by atoms with Crippen molar-refractivity contribution in [2.75, 3.05) is 6.54 Å². The molecular weight excluding hydrogens is 302 g/mol. The van der Waals surface area contributed by atoms with Crippen LogP contribution in [0.4, 0.5) is 5.69 Å². The van der Waals surface area contributed by atoms with Crippen LogP contribution in [-0.4, -0.2) is 29.2 Å². The lowest BCUT2D eigenvalue weighted by atomic mass is 9.92. The SMILES string of the molecule is Cc1ccc2c(c1)C1(C=N2)CN[C@@H](Cc2ccc3nonc3c2)N1. The smallest absolute Gasteiger partial charge is 0.135 e. The normalized spacial score (nSPS) is 25.0. The predicted molar refractivity (Wildman–Crippen MR) is 91.4 cm³/mol. The zero-order valence-corrected chi connectivity index (χ0v) is 13.3. The van der Waals surface area contributed by atoms with Gasteiger partial charge < -0.3 is 0 Å². The Balaban J connectivity index is 1.40. The molecular formula is C18H17N5O. The zero-order chi connectivity index (χ0) is 16.1. The Bertz CT molecular complexity index is 963. The highest BCUT2D eigenvalue weighted by molar-refractivity contribution is 5.85. The molecule has 1 spiro atoms. The number of nitrogens with one attached hydrogen (secondary N) is 2. The first kappa shape index (κ1) is 13.8. The fourth-order valence-electron chi connectivity index (χ4n) is 3.64. The molecule has 2 aromatic carbocycles. The first-order valence-electron chi connectivity index (χ1n) is 8.11. The maximum atomic E-state index is 4.77. The Morgan fingerprint density at radius 3 is 3.04 bits per heavy atom. The van der Waals surface area contributed by atoms with Crippen LogP contribution in [0, 0.1) is 6.92 Å². The zero-order valence-electron chi connectivity index (χ0n) is 13.3. The lowest BCUT2D eigenvalue weighted by molar-refractivity contribution is 0.315.